The summed E-state index contributed by atoms with van der Waals surface area (Å²) in [7, 11) is 0. The van der Waals surface area contributed by atoms with Gasteiger partial charge in [-0.2, -0.15) is 0 Å². The van der Waals surface area contributed by atoms with Crippen LogP contribution in [0.25, 0.3) is 0 Å². The Morgan fingerprint density at radius 1 is 1.12 bits per heavy atom. The fraction of sp³-hybridized carbons (Fsp3) is 0.750. The molecule has 1 aliphatic carbocycles. The van der Waals surface area contributed by atoms with Gasteiger partial charge >= 0.3 is 0 Å². The lowest BCUT2D eigenvalue weighted by molar-refractivity contribution is 0.263. The standard InChI is InChI=1S/C24H40N2/c1-3-4-16-26-17-13-23-22(24(23)14-18-26)11-10-20(2)19-25-15-12-21-8-6-5-7-9-21/h5-9,20,22-25H,3-4,10-19H2,1-2H3. The van der Waals surface area contributed by atoms with E-state index in [1.54, 1.807) is 0 Å². The van der Waals surface area contributed by atoms with Crippen molar-refractivity contribution in [3.63, 3.8) is 0 Å². The lowest BCUT2D eigenvalue weighted by Crippen LogP contribution is -2.27. The molecule has 0 bridgehead atoms. The predicted molar refractivity (Wildman–Crippen MR) is 112 cm³/mol. The van der Waals surface area contributed by atoms with Gasteiger partial charge in [-0.3, -0.25) is 0 Å². The smallest absolute Gasteiger partial charge is 0.000824 e. The van der Waals surface area contributed by atoms with Crippen molar-refractivity contribution in [2.45, 2.75) is 58.8 Å². The highest BCUT2D eigenvalue weighted by molar-refractivity contribution is 5.14. The summed E-state index contributed by atoms with van der Waals surface area (Å²) in [5.41, 5.74) is 1.44. The summed E-state index contributed by atoms with van der Waals surface area (Å²) in [6, 6.07) is 10.8. The van der Waals surface area contributed by atoms with E-state index < -0.39 is 0 Å². The van der Waals surface area contributed by atoms with Crippen LogP contribution in [0.3, 0.4) is 0 Å². The highest BCUT2D eigenvalue weighted by atomic mass is 15.1. The first-order chi connectivity index (χ1) is 12.8. The van der Waals surface area contributed by atoms with Gasteiger partial charge in [0.2, 0.25) is 0 Å². The van der Waals surface area contributed by atoms with Crippen LogP contribution in [0.5, 0.6) is 0 Å². The molecule has 2 heteroatoms. The Bertz CT molecular complexity index is 486. The van der Waals surface area contributed by atoms with E-state index in [4.69, 9.17) is 0 Å². The molecule has 0 aromatic heterocycles. The molecule has 1 saturated carbocycles. The fourth-order valence-corrected chi connectivity index (χ4v) is 4.99. The summed E-state index contributed by atoms with van der Waals surface area (Å²) in [6.07, 6.45) is 9.71. The third-order valence-corrected chi connectivity index (χ3v) is 6.81. The molecule has 2 fully saturated rings. The zero-order valence-corrected chi connectivity index (χ0v) is 17.1. The molecule has 0 radical (unpaired) electrons. The Balaban J connectivity index is 1.24. The van der Waals surface area contributed by atoms with Crippen LogP contribution < -0.4 is 5.32 Å². The first-order valence-corrected chi connectivity index (χ1v) is 11.2. The van der Waals surface area contributed by atoms with Gasteiger partial charge in [-0.25, -0.2) is 0 Å². The van der Waals surface area contributed by atoms with E-state index in [0.29, 0.717) is 0 Å². The lowest BCUT2D eigenvalue weighted by Gasteiger charge is -2.21. The maximum Gasteiger partial charge on any atom is -0.000824 e. The zero-order valence-electron chi connectivity index (χ0n) is 17.1. The first-order valence-electron chi connectivity index (χ1n) is 11.2. The fourth-order valence-electron chi connectivity index (χ4n) is 4.99. The third-order valence-electron chi connectivity index (χ3n) is 6.81. The maximum absolute atomic E-state index is 3.67. The SMILES string of the molecule is CCCCN1CCC2C(CCC(C)CNCCc3ccccc3)C2CC1. The van der Waals surface area contributed by atoms with E-state index in [0.717, 1.165) is 36.6 Å². The van der Waals surface area contributed by atoms with Gasteiger partial charge < -0.3 is 10.2 Å². The number of nitrogens with zero attached hydrogens (tertiary/aromatic N) is 1. The van der Waals surface area contributed by atoms with Crippen molar-refractivity contribution in [2.24, 2.45) is 23.7 Å². The molecule has 0 amide bonds. The summed E-state index contributed by atoms with van der Waals surface area (Å²) >= 11 is 0. The van der Waals surface area contributed by atoms with Crippen molar-refractivity contribution >= 4 is 0 Å². The topological polar surface area (TPSA) is 15.3 Å². The van der Waals surface area contributed by atoms with Crippen LogP contribution in [-0.2, 0) is 6.42 Å². The van der Waals surface area contributed by atoms with Gasteiger partial charge in [-0.15, -0.1) is 0 Å². The third kappa shape index (κ3) is 6.09. The summed E-state index contributed by atoms with van der Waals surface area (Å²) in [5, 5.41) is 3.67. The minimum atomic E-state index is 0.816. The summed E-state index contributed by atoms with van der Waals surface area (Å²) in [6.45, 7) is 11.1. The lowest BCUT2D eigenvalue weighted by atomic mass is 10.0. The molecular formula is C24H40N2. The molecule has 1 aromatic carbocycles. The van der Waals surface area contributed by atoms with Crippen LogP contribution in [0, 0.1) is 23.7 Å². The number of rotatable bonds is 11. The Hall–Kier alpha value is -0.860. The minimum absolute atomic E-state index is 0.816. The van der Waals surface area contributed by atoms with Gasteiger partial charge in [0.25, 0.3) is 0 Å². The molecule has 26 heavy (non-hydrogen) atoms. The summed E-state index contributed by atoms with van der Waals surface area (Å²) < 4.78 is 0. The molecule has 3 unspecified atom stereocenters. The van der Waals surface area contributed by atoms with E-state index in [1.807, 2.05) is 0 Å². The van der Waals surface area contributed by atoms with Gasteiger partial charge in [0.05, 0.1) is 0 Å². The molecule has 3 rings (SSSR count). The average molecular weight is 357 g/mol. The van der Waals surface area contributed by atoms with Gasteiger partial charge in [-0.05, 0) is 100 Å². The second-order valence-electron chi connectivity index (χ2n) is 8.89. The van der Waals surface area contributed by atoms with E-state index >= 15 is 0 Å². The minimum Gasteiger partial charge on any atom is -0.316 e. The Morgan fingerprint density at radius 3 is 2.54 bits per heavy atom. The second kappa shape index (κ2) is 10.5. The highest BCUT2D eigenvalue weighted by Gasteiger charge is 2.49. The quantitative estimate of drug-likeness (QED) is 0.562. The van der Waals surface area contributed by atoms with Gasteiger partial charge in [0.15, 0.2) is 0 Å². The molecule has 0 spiro atoms. The van der Waals surface area contributed by atoms with Crippen molar-refractivity contribution in [2.75, 3.05) is 32.7 Å². The number of nitrogens with one attached hydrogen (secondary N) is 1. The van der Waals surface area contributed by atoms with Crippen LogP contribution in [0.15, 0.2) is 30.3 Å². The van der Waals surface area contributed by atoms with Crippen molar-refractivity contribution in [1.29, 1.82) is 0 Å². The Morgan fingerprint density at radius 2 is 1.85 bits per heavy atom. The van der Waals surface area contributed by atoms with Crippen LogP contribution in [0.4, 0.5) is 0 Å². The maximum atomic E-state index is 3.67. The molecule has 2 aliphatic rings. The normalized spacial score (nSPS) is 26.9. The summed E-state index contributed by atoms with van der Waals surface area (Å²) in [5.74, 6) is 4.02. The number of unbranched alkanes of at least 4 members (excludes halogenated alkanes) is 1. The molecule has 2 nitrogen and oxygen atoms in total. The average Bonchev–Trinajstić information content (AvgIpc) is 3.38. The van der Waals surface area contributed by atoms with Gasteiger partial charge in [0, 0.05) is 0 Å². The summed E-state index contributed by atoms with van der Waals surface area (Å²) in [4.78, 5) is 2.73. The molecule has 1 aliphatic heterocycles. The van der Waals surface area contributed by atoms with Crippen molar-refractivity contribution in [1.82, 2.24) is 10.2 Å². The van der Waals surface area contributed by atoms with E-state index in [2.05, 4.69) is 54.4 Å². The molecule has 1 saturated heterocycles. The highest BCUT2D eigenvalue weighted by Crippen LogP contribution is 2.54. The number of likely N-dealkylation sites (tertiary alicyclic amines) is 1. The van der Waals surface area contributed by atoms with Gasteiger partial charge in [-0.1, -0.05) is 50.6 Å². The first kappa shape index (κ1) is 19.9. The second-order valence-corrected chi connectivity index (χ2v) is 8.89. The number of hydrogen-bond acceptors (Lipinski definition) is 2. The molecule has 3 atom stereocenters. The number of fused-ring (bicyclic) bond motifs is 1. The number of benzene rings is 1. The van der Waals surface area contributed by atoms with E-state index in [1.165, 1.54) is 70.3 Å². The van der Waals surface area contributed by atoms with Crippen LogP contribution >= 0.6 is 0 Å². The molecule has 146 valence electrons. The zero-order chi connectivity index (χ0) is 18.2. The Kier molecular flexibility index (Phi) is 8.01. The monoisotopic (exact) mass is 356 g/mol. The van der Waals surface area contributed by atoms with Gasteiger partial charge in [0.1, 0.15) is 0 Å². The molecule has 1 aromatic rings. The van der Waals surface area contributed by atoms with E-state index in [-0.39, 0.29) is 0 Å². The number of hydrogen-bond donors (Lipinski definition) is 1. The van der Waals surface area contributed by atoms with Crippen LogP contribution in [-0.4, -0.2) is 37.6 Å². The predicted octanol–water partition coefficient (Wildman–Crippen LogP) is 4.99. The van der Waals surface area contributed by atoms with Crippen LogP contribution in [0.1, 0.15) is 57.9 Å². The molecule has 1 heterocycles. The van der Waals surface area contributed by atoms with E-state index in [9.17, 15) is 0 Å². The largest absolute Gasteiger partial charge is 0.316 e. The van der Waals surface area contributed by atoms with Crippen molar-refractivity contribution in [3.8, 4) is 0 Å². The van der Waals surface area contributed by atoms with Crippen molar-refractivity contribution in [3.05, 3.63) is 35.9 Å². The van der Waals surface area contributed by atoms with Crippen molar-refractivity contribution < 1.29 is 0 Å². The molecule has 1 N–H and O–H groups in total. The Labute approximate surface area is 161 Å². The molecular weight excluding hydrogens is 316 g/mol. The van der Waals surface area contributed by atoms with Crippen LogP contribution in [0.2, 0.25) is 0 Å².